The van der Waals surface area contributed by atoms with Crippen LogP contribution in [0.2, 0.25) is 5.02 Å². The van der Waals surface area contributed by atoms with Crippen LogP contribution in [0.1, 0.15) is 31.1 Å². The smallest absolute Gasteiger partial charge is 0.285 e. The van der Waals surface area contributed by atoms with Gasteiger partial charge in [0.25, 0.3) is 11.8 Å². The molecule has 4 rings (SSSR count). The average molecular weight is 358 g/mol. The summed E-state index contributed by atoms with van der Waals surface area (Å²) in [5.41, 5.74) is 0.946. The summed E-state index contributed by atoms with van der Waals surface area (Å²) < 4.78 is 5.54. The number of fused-ring (bicyclic) bond motifs is 2. The van der Waals surface area contributed by atoms with Crippen LogP contribution < -0.4 is 4.74 Å². The van der Waals surface area contributed by atoms with Crippen molar-refractivity contribution in [3.63, 3.8) is 0 Å². The summed E-state index contributed by atoms with van der Waals surface area (Å²) in [6.45, 7) is -0.0348. The Morgan fingerprint density at radius 1 is 1.04 bits per heavy atom. The van der Waals surface area contributed by atoms with E-state index in [1.165, 1.54) is 6.07 Å². The molecule has 0 spiro atoms. The average Bonchev–Trinajstić information content (AvgIpc) is 2.86. The summed E-state index contributed by atoms with van der Waals surface area (Å²) >= 11 is 5.92. The van der Waals surface area contributed by atoms with Crippen LogP contribution in [0.5, 0.6) is 5.75 Å². The maximum absolute atomic E-state index is 12.5. The number of carbonyl (C=O) groups excluding carboxylic acids is 3. The van der Waals surface area contributed by atoms with Crippen molar-refractivity contribution in [3.05, 3.63) is 64.2 Å². The number of halogens is 1. The zero-order valence-corrected chi connectivity index (χ0v) is 13.7. The molecule has 0 saturated heterocycles. The molecule has 2 heterocycles. The van der Waals surface area contributed by atoms with Crippen molar-refractivity contribution in [2.45, 2.75) is 0 Å². The Bertz CT molecular complexity index is 875. The van der Waals surface area contributed by atoms with E-state index >= 15 is 0 Å². The Labute approximate surface area is 147 Å². The van der Waals surface area contributed by atoms with Crippen LogP contribution >= 0.6 is 11.6 Å². The first-order chi connectivity index (χ1) is 12.1. The van der Waals surface area contributed by atoms with Crippen molar-refractivity contribution in [2.24, 2.45) is 5.92 Å². The Balaban J connectivity index is 1.49. The molecule has 0 fully saturated rings. The first-order valence-electron chi connectivity index (χ1n) is 7.63. The topological polar surface area (TPSA) is 72.9 Å². The normalized spacial score (nSPS) is 18.8. The van der Waals surface area contributed by atoms with Gasteiger partial charge < -0.3 is 4.74 Å². The summed E-state index contributed by atoms with van der Waals surface area (Å²) in [6.07, 6.45) is 0. The van der Waals surface area contributed by atoms with Gasteiger partial charge in [0.2, 0.25) is 0 Å². The van der Waals surface area contributed by atoms with E-state index in [0.717, 1.165) is 0 Å². The standard InChI is InChI=1S/C18H12ClNO5/c19-11-5-6-15-14(7-11)16(21)10(8-24-15)9-25-20-17(22)12-3-1-2-4-13(12)18(20)23/h1-7,10H,8-9H2. The summed E-state index contributed by atoms with van der Waals surface area (Å²) in [6, 6.07) is 11.3. The van der Waals surface area contributed by atoms with Crippen molar-refractivity contribution in [2.75, 3.05) is 13.2 Å². The van der Waals surface area contributed by atoms with E-state index in [9.17, 15) is 14.4 Å². The second-order valence-electron chi connectivity index (χ2n) is 5.76. The molecule has 7 heteroatoms. The third-order valence-corrected chi connectivity index (χ3v) is 4.41. The number of amides is 2. The second kappa shape index (κ2) is 5.98. The predicted octanol–water partition coefficient (Wildman–Crippen LogP) is 2.76. The lowest BCUT2D eigenvalue weighted by Crippen LogP contribution is -2.37. The van der Waals surface area contributed by atoms with Crippen molar-refractivity contribution >= 4 is 29.2 Å². The lowest BCUT2D eigenvalue weighted by molar-refractivity contribution is -0.102. The van der Waals surface area contributed by atoms with Gasteiger partial charge in [-0.05, 0) is 30.3 Å². The van der Waals surface area contributed by atoms with Gasteiger partial charge in [-0.3, -0.25) is 19.2 Å². The molecule has 2 aliphatic rings. The quantitative estimate of drug-likeness (QED) is 0.790. The molecule has 0 N–H and O–H groups in total. The van der Waals surface area contributed by atoms with Crippen LogP contribution in [0.15, 0.2) is 42.5 Å². The van der Waals surface area contributed by atoms with Gasteiger partial charge in [-0.25, -0.2) is 0 Å². The van der Waals surface area contributed by atoms with Crippen LogP contribution in [0, 0.1) is 5.92 Å². The van der Waals surface area contributed by atoms with Gasteiger partial charge in [-0.1, -0.05) is 23.7 Å². The number of Topliss-reactive ketones (excluding diaryl/α,β-unsaturated/α-hetero) is 1. The maximum atomic E-state index is 12.5. The Morgan fingerprint density at radius 2 is 1.72 bits per heavy atom. The highest BCUT2D eigenvalue weighted by atomic mass is 35.5. The van der Waals surface area contributed by atoms with Crippen molar-refractivity contribution in [1.29, 1.82) is 0 Å². The van der Waals surface area contributed by atoms with Crippen molar-refractivity contribution in [1.82, 2.24) is 5.06 Å². The molecule has 0 aliphatic carbocycles. The van der Waals surface area contributed by atoms with Crippen molar-refractivity contribution in [3.8, 4) is 5.75 Å². The summed E-state index contributed by atoms with van der Waals surface area (Å²) in [4.78, 5) is 42.4. The SMILES string of the molecule is O=C1c2cc(Cl)ccc2OCC1CON1C(=O)c2ccccc2C1=O. The second-order valence-corrected chi connectivity index (χ2v) is 6.20. The fourth-order valence-electron chi connectivity index (χ4n) is 2.88. The van der Waals surface area contributed by atoms with E-state index in [1.807, 2.05) is 0 Å². The third-order valence-electron chi connectivity index (χ3n) is 4.18. The number of hydrogen-bond donors (Lipinski definition) is 0. The van der Waals surface area contributed by atoms with Gasteiger partial charge in [0, 0.05) is 5.02 Å². The molecule has 2 aliphatic heterocycles. The number of carbonyl (C=O) groups is 3. The van der Waals surface area contributed by atoms with Crippen LogP contribution in [0.3, 0.4) is 0 Å². The number of rotatable bonds is 3. The van der Waals surface area contributed by atoms with Gasteiger partial charge in [0.05, 0.1) is 29.2 Å². The van der Waals surface area contributed by atoms with Gasteiger partial charge in [-0.2, -0.15) is 0 Å². The molecule has 2 aromatic carbocycles. The molecular formula is C18H12ClNO5. The number of nitrogens with zero attached hydrogens (tertiary/aromatic N) is 1. The number of ketones is 1. The Kier molecular flexibility index (Phi) is 3.78. The summed E-state index contributed by atoms with van der Waals surface area (Å²) in [7, 11) is 0. The van der Waals surface area contributed by atoms with Gasteiger partial charge >= 0.3 is 0 Å². The van der Waals surface area contributed by atoms with E-state index < -0.39 is 17.7 Å². The van der Waals surface area contributed by atoms with Crippen LogP contribution in [0.4, 0.5) is 0 Å². The maximum Gasteiger partial charge on any atom is 0.285 e. The van der Waals surface area contributed by atoms with Gasteiger partial charge in [0.1, 0.15) is 12.4 Å². The van der Waals surface area contributed by atoms with E-state index in [2.05, 4.69) is 0 Å². The molecule has 2 amide bonds. The van der Waals surface area contributed by atoms with E-state index in [4.69, 9.17) is 21.2 Å². The van der Waals surface area contributed by atoms with E-state index in [-0.39, 0.29) is 30.1 Å². The predicted molar refractivity (Wildman–Crippen MR) is 87.7 cm³/mol. The van der Waals surface area contributed by atoms with E-state index in [0.29, 0.717) is 21.4 Å². The Morgan fingerprint density at radius 3 is 2.40 bits per heavy atom. The highest BCUT2D eigenvalue weighted by molar-refractivity contribution is 6.31. The minimum Gasteiger partial charge on any atom is -0.492 e. The third kappa shape index (κ3) is 2.59. The first-order valence-corrected chi connectivity index (χ1v) is 8.01. The minimum absolute atomic E-state index is 0.108. The molecule has 126 valence electrons. The lowest BCUT2D eigenvalue weighted by atomic mass is 9.96. The highest BCUT2D eigenvalue weighted by Gasteiger charge is 2.38. The highest BCUT2D eigenvalue weighted by Crippen LogP contribution is 2.30. The first kappa shape index (κ1) is 15.8. The molecule has 0 bridgehead atoms. The number of benzene rings is 2. The minimum atomic E-state index is -0.629. The molecule has 0 saturated carbocycles. The van der Waals surface area contributed by atoms with Gasteiger partial charge in [0.15, 0.2) is 5.78 Å². The zero-order chi connectivity index (χ0) is 17.6. The van der Waals surface area contributed by atoms with Gasteiger partial charge in [-0.15, -0.1) is 5.06 Å². The monoisotopic (exact) mass is 357 g/mol. The fraction of sp³-hybridized carbons (Fsp3) is 0.167. The lowest BCUT2D eigenvalue weighted by Gasteiger charge is -2.25. The zero-order valence-electron chi connectivity index (χ0n) is 12.9. The molecule has 1 unspecified atom stereocenters. The fourth-order valence-corrected chi connectivity index (χ4v) is 3.05. The van der Waals surface area contributed by atoms with Crippen LogP contribution in [-0.2, 0) is 4.84 Å². The molecule has 1 atom stereocenters. The van der Waals surface area contributed by atoms with Crippen LogP contribution in [-0.4, -0.2) is 35.9 Å². The molecule has 6 nitrogen and oxygen atoms in total. The Hall–Kier alpha value is -2.70. The molecule has 25 heavy (non-hydrogen) atoms. The summed E-state index contributed by atoms with van der Waals surface area (Å²) in [5.74, 6) is -1.43. The number of imide groups is 1. The number of hydroxylamine groups is 2. The van der Waals surface area contributed by atoms with E-state index in [1.54, 1.807) is 36.4 Å². The number of ether oxygens (including phenoxy) is 1. The summed E-state index contributed by atoms with van der Waals surface area (Å²) in [5, 5.41) is 1.13. The molecule has 0 radical (unpaired) electrons. The van der Waals surface area contributed by atoms with Crippen LogP contribution in [0.25, 0.3) is 0 Å². The molecule has 2 aromatic rings. The number of hydrogen-bond acceptors (Lipinski definition) is 5. The molecule has 0 aromatic heterocycles. The molecular weight excluding hydrogens is 346 g/mol. The van der Waals surface area contributed by atoms with Crippen molar-refractivity contribution < 1.29 is 24.0 Å². The largest absolute Gasteiger partial charge is 0.492 e.